The predicted molar refractivity (Wildman–Crippen MR) is 91.6 cm³/mol. The van der Waals surface area contributed by atoms with E-state index in [1.807, 2.05) is 60.7 Å². The van der Waals surface area contributed by atoms with Gasteiger partial charge in [0.15, 0.2) is 12.0 Å². The maximum absolute atomic E-state index is 11.3. The van der Waals surface area contributed by atoms with E-state index in [0.29, 0.717) is 11.4 Å². The molecule has 0 radical (unpaired) electrons. The van der Waals surface area contributed by atoms with Gasteiger partial charge in [-0.25, -0.2) is 4.68 Å². The molecule has 4 heteroatoms. The van der Waals surface area contributed by atoms with E-state index in [0.717, 1.165) is 17.5 Å². The number of aldehydes is 1. The van der Waals surface area contributed by atoms with Crippen LogP contribution in [-0.2, 0) is 0 Å². The van der Waals surface area contributed by atoms with Crippen molar-refractivity contribution in [2.24, 2.45) is 0 Å². The number of carbonyl (C=O) groups excluding carboxylic acids is 1. The van der Waals surface area contributed by atoms with E-state index in [9.17, 15) is 4.79 Å². The molecular formula is C19H17N3O. The standard InChI is InChI=1S/C19H17N3O/c1-14-8-10-17(12-15(14)2)22-19(18(13-23)20-21-22)11-9-16-6-4-3-5-7-16/h3-13H,1-2H3/b11-9+. The molecule has 0 spiro atoms. The van der Waals surface area contributed by atoms with Gasteiger partial charge in [0.2, 0.25) is 0 Å². The molecule has 0 bridgehead atoms. The number of hydrogen-bond donors (Lipinski definition) is 0. The minimum Gasteiger partial charge on any atom is -0.296 e. The van der Waals surface area contributed by atoms with Gasteiger partial charge in [0.05, 0.1) is 11.4 Å². The molecule has 0 atom stereocenters. The smallest absolute Gasteiger partial charge is 0.172 e. The number of nitrogens with zero attached hydrogens (tertiary/aromatic N) is 3. The van der Waals surface area contributed by atoms with Crippen molar-refractivity contribution < 1.29 is 4.79 Å². The fraction of sp³-hybridized carbons (Fsp3) is 0.105. The second-order valence-electron chi connectivity index (χ2n) is 5.40. The molecule has 0 saturated heterocycles. The van der Waals surface area contributed by atoms with Crippen molar-refractivity contribution >= 4 is 18.4 Å². The summed E-state index contributed by atoms with van der Waals surface area (Å²) < 4.78 is 1.69. The van der Waals surface area contributed by atoms with Gasteiger partial charge < -0.3 is 0 Å². The van der Waals surface area contributed by atoms with Crippen LogP contribution in [-0.4, -0.2) is 21.3 Å². The van der Waals surface area contributed by atoms with Gasteiger partial charge in [-0.2, -0.15) is 0 Å². The van der Waals surface area contributed by atoms with Crippen molar-refractivity contribution in [2.45, 2.75) is 13.8 Å². The molecule has 23 heavy (non-hydrogen) atoms. The molecule has 0 aliphatic rings. The molecule has 1 heterocycles. The van der Waals surface area contributed by atoms with E-state index in [4.69, 9.17) is 0 Å². The van der Waals surface area contributed by atoms with Gasteiger partial charge in [-0.3, -0.25) is 4.79 Å². The lowest BCUT2D eigenvalue weighted by Crippen LogP contribution is -2.00. The van der Waals surface area contributed by atoms with Crippen molar-refractivity contribution in [3.63, 3.8) is 0 Å². The van der Waals surface area contributed by atoms with Crippen LogP contribution >= 0.6 is 0 Å². The van der Waals surface area contributed by atoms with Crippen LogP contribution in [0.3, 0.4) is 0 Å². The third-order valence-corrected chi connectivity index (χ3v) is 3.81. The Morgan fingerprint density at radius 1 is 0.957 bits per heavy atom. The Bertz CT molecular complexity index is 864. The highest BCUT2D eigenvalue weighted by Gasteiger charge is 2.11. The third kappa shape index (κ3) is 3.11. The SMILES string of the molecule is Cc1ccc(-n2nnc(C=O)c2/C=C/c2ccccc2)cc1C. The first-order valence-corrected chi connectivity index (χ1v) is 7.40. The van der Waals surface area contributed by atoms with Crippen molar-refractivity contribution in [3.8, 4) is 5.69 Å². The normalized spacial score (nSPS) is 11.0. The summed E-state index contributed by atoms with van der Waals surface area (Å²) in [6, 6.07) is 16.0. The number of rotatable bonds is 4. The number of carbonyl (C=O) groups is 1. The first-order valence-electron chi connectivity index (χ1n) is 7.40. The highest BCUT2D eigenvalue weighted by atomic mass is 16.1. The lowest BCUT2D eigenvalue weighted by molar-refractivity contribution is 0.111. The second kappa shape index (κ2) is 6.40. The molecule has 114 valence electrons. The summed E-state index contributed by atoms with van der Waals surface area (Å²) in [4.78, 5) is 11.3. The molecule has 4 nitrogen and oxygen atoms in total. The number of aromatic nitrogens is 3. The lowest BCUT2D eigenvalue weighted by Gasteiger charge is -2.06. The molecule has 2 aromatic carbocycles. The van der Waals surface area contributed by atoms with Crippen LogP contribution in [0.15, 0.2) is 48.5 Å². The molecule has 0 fully saturated rings. The first-order chi connectivity index (χ1) is 11.2. The Morgan fingerprint density at radius 2 is 1.74 bits per heavy atom. The van der Waals surface area contributed by atoms with E-state index in [2.05, 4.69) is 24.2 Å². The summed E-state index contributed by atoms with van der Waals surface area (Å²) in [7, 11) is 0. The molecule has 0 amide bonds. The molecule has 0 N–H and O–H groups in total. The summed E-state index contributed by atoms with van der Waals surface area (Å²) in [5, 5.41) is 8.09. The van der Waals surface area contributed by atoms with Gasteiger partial charge in [-0.15, -0.1) is 5.10 Å². The van der Waals surface area contributed by atoms with Crippen LogP contribution in [0.2, 0.25) is 0 Å². The second-order valence-corrected chi connectivity index (χ2v) is 5.40. The van der Waals surface area contributed by atoms with E-state index >= 15 is 0 Å². The zero-order chi connectivity index (χ0) is 16.2. The van der Waals surface area contributed by atoms with Gasteiger partial charge in [-0.1, -0.05) is 47.7 Å². The summed E-state index contributed by atoms with van der Waals surface area (Å²) in [5.41, 5.74) is 5.33. The predicted octanol–water partition coefficient (Wildman–Crippen LogP) is 3.87. The molecule has 1 aromatic heterocycles. The fourth-order valence-corrected chi connectivity index (χ4v) is 2.33. The fourth-order valence-electron chi connectivity index (χ4n) is 2.33. The van der Waals surface area contributed by atoms with Crippen LogP contribution in [0.4, 0.5) is 0 Å². The van der Waals surface area contributed by atoms with Gasteiger partial charge in [-0.05, 0) is 48.7 Å². The first kappa shape index (κ1) is 14.9. The molecule has 0 aliphatic carbocycles. The van der Waals surface area contributed by atoms with Gasteiger partial charge in [0.1, 0.15) is 0 Å². The average molecular weight is 303 g/mol. The van der Waals surface area contributed by atoms with Crippen LogP contribution < -0.4 is 0 Å². The van der Waals surface area contributed by atoms with Crippen LogP contribution in [0, 0.1) is 13.8 Å². The third-order valence-electron chi connectivity index (χ3n) is 3.81. The molecule has 0 unspecified atom stereocenters. The Labute approximate surface area is 135 Å². The lowest BCUT2D eigenvalue weighted by atomic mass is 10.1. The summed E-state index contributed by atoms with van der Waals surface area (Å²) >= 11 is 0. The summed E-state index contributed by atoms with van der Waals surface area (Å²) in [6.07, 6.45) is 4.55. The quantitative estimate of drug-likeness (QED) is 0.687. The zero-order valence-corrected chi connectivity index (χ0v) is 13.1. The Hall–Kier alpha value is -3.01. The molecule has 3 rings (SSSR count). The van der Waals surface area contributed by atoms with Crippen molar-refractivity contribution in [2.75, 3.05) is 0 Å². The van der Waals surface area contributed by atoms with Gasteiger partial charge in [0, 0.05) is 0 Å². The highest BCUT2D eigenvalue weighted by Crippen LogP contribution is 2.18. The van der Waals surface area contributed by atoms with Crippen LogP contribution in [0.1, 0.15) is 32.9 Å². The molecule has 3 aromatic rings. The molecule has 0 saturated carbocycles. The largest absolute Gasteiger partial charge is 0.296 e. The summed E-state index contributed by atoms with van der Waals surface area (Å²) in [6.45, 7) is 4.11. The Kier molecular flexibility index (Phi) is 4.15. The minimum atomic E-state index is 0.329. The maximum atomic E-state index is 11.3. The number of aryl methyl sites for hydroxylation is 2. The number of benzene rings is 2. The van der Waals surface area contributed by atoms with E-state index in [-0.39, 0.29) is 0 Å². The Balaban J connectivity index is 2.05. The van der Waals surface area contributed by atoms with Crippen LogP contribution in [0.5, 0.6) is 0 Å². The topological polar surface area (TPSA) is 47.8 Å². The zero-order valence-electron chi connectivity index (χ0n) is 13.1. The van der Waals surface area contributed by atoms with Crippen molar-refractivity contribution in [1.29, 1.82) is 0 Å². The average Bonchev–Trinajstić information content (AvgIpc) is 2.99. The van der Waals surface area contributed by atoms with Crippen LogP contribution in [0.25, 0.3) is 17.8 Å². The van der Waals surface area contributed by atoms with E-state index < -0.39 is 0 Å². The van der Waals surface area contributed by atoms with E-state index in [1.165, 1.54) is 11.1 Å². The Morgan fingerprint density at radius 3 is 2.43 bits per heavy atom. The van der Waals surface area contributed by atoms with Crippen molar-refractivity contribution in [3.05, 3.63) is 76.6 Å². The van der Waals surface area contributed by atoms with Gasteiger partial charge >= 0.3 is 0 Å². The van der Waals surface area contributed by atoms with Gasteiger partial charge in [0.25, 0.3) is 0 Å². The van der Waals surface area contributed by atoms with Crippen molar-refractivity contribution in [1.82, 2.24) is 15.0 Å². The number of hydrogen-bond acceptors (Lipinski definition) is 3. The highest BCUT2D eigenvalue weighted by molar-refractivity contribution is 5.81. The molecule has 0 aliphatic heterocycles. The minimum absolute atomic E-state index is 0.329. The maximum Gasteiger partial charge on any atom is 0.172 e. The molecular weight excluding hydrogens is 286 g/mol. The van der Waals surface area contributed by atoms with E-state index in [1.54, 1.807) is 4.68 Å². The summed E-state index contributed by atoms with van der Waals surface area (Å²) in [5.74, 6) is 0. The monoisotopic (exact) mass is 303 g/mol.